The maximum Gasteiger partial charge on any atom is 0.0358 e. The second kappa shape index (κ2) is 4.94. The van der Waals surface area contributed by atoms with E-state index in [4.69, 9.17) is 0 Å². The molecule has 0 amide bonds. The monoisotopic (exact) mass is 256 g/mol. The quantitative estimate of drug-likeness (QED) is 0.536. The summed E-state index contributed by atoms with van der Waals surface area (Å²) in [6, 6.07) is 15.1. The van der Waals surface area contributed by atoms with E-state index in [0.717, 1.165) is 6.42 Å². The highest BCUT2D eigenvalue weighted by Crippen LogP contribution is 2.35. The van der Waals surface area contributed by atoms with E-state index in [0.29, 0.717) is 0 Å². The van der Waals surface area contributed by atoms with Crippen LogP contribution in [0.4, 0.5) is 0 Å². The van der Waals surface area contributed by atoms with Gasteiger partial charge in [-0.25, -0.2) is 0 Å². The molecule has 17 heavy (non-hydrogen) atoms. The van der Waals surface area contributed by atoms with Crippen LogP contribution < -0.4 is 0 Å². The van der Waals surface area contributed by atoms with Gasteiger partial charge >= 0.3 is 0 Å². The summed E-state index contributed by atoms with van der Waals surface area (Å²) >= 11 is 1.87. The van der Waals surface area contributed by atoms with E-state index in [1.165, 1.54) is 25.7 Å². The van der Waals surface area contributed by atoms with Crippen molar-refractivity contribution in [2.75, 3.05) is 0 Å². The summed E-state index contributed by atoms with van der Waals surface area (Å²) in [6.45, 7) is 3.83. The second-order valence-corrected chi connectivity index (χ2v) is 4.97. The zero-order valence-corrected chi connectivity index (χ0v) is 11.0. The number of rotatable bonds is 2. The molecule has 2 heteroatoms. The molecule has 3 aromatic rings. The summed E-state index contributed by atoms with van der Waals surface area (Å²) in [5.41, 5.74) is 1.38. The number of thiophene rings is 1. The van der Waals surface area contributed by atoms with Gasteiger partial charge in [0.15, 0.2) is 0 Å². The summed E-state index contributed by atoms with van der Waals surface area (Å²) in [7, 11) is 0. The first-order valence-corrected chi connectivity index (χ1v) is 6.22. The van der Waals surface area contributed by atoms with Crippen molar-refractivity contribution in [1.29, 1.82) is 0 Å². The first-order chi connectivity index (χ1) is 7.90. The van der Waals surface area contributed by atoms with Crippen LogP contribution in [0, 0.1) is 0 Å². The van der Waals surface area contributed by atoms with Crippen molar-refractivity contribution in [3.8, 4) is 0 Å². The highest BCUT2D eigenvalue weighted by Gasteiger charge is 2.07. The topological polar surface area (TPSA) is 0 Å². The van der Waals surface area contributed by atoms with Gasteiger partial charge in [0.1, 0.15) is 0 Å². The van der Waals surface area contributed by atoms with Gasteiger partial charge in [0.05, 0.1) is 0 Å². The molecule has 0 unspecified atom stereocenters. The summed E-state index contributed by atoms with van der Waals surface area (Å²) in [5, 5.41) is 2.78. The number of hydrogen-bond acceptors (Lipinski definition) is 1. The van der Waals surface area contributed by atoms with Crippen molar-refractivity contribution >= 4 is 45.0 Å². The maximum absolute atomic E-state index is 3.83. The molecular weight excluding hydrogens is 244 g/mol. The zero-order chi connectivity index (χ0) is 11.0. The SMILES string of the molecule is C=CCc1cccc2sc3ccccc3c12.[S]. The third-order valence-electron chi connectivity index (χ3n) is 2.85. The van der Waals surface area contributed by atoms with E-state index in [1.807, 2.05) is 17.4 Å². The van der Waals surface area contributed by atoms with Crippen LogP contribution in [-0.4, -0.2) is 0 Å². The van der Waals surface area contributed by atoms with E-state index in [1.54, 1.807) is 0 Å². The highest BCUT2D eigenvalue weighted by molar-refractivity contribution is 7.59. The fourth-order valence-corrected chi connectivity index (χ4v) is 3.33. The Bertz CT molecular complexity index is 665. The lowest BCUT2D eigenvalue weighted by atomic mass is 10.0. The lowest BCUT2D eigenvalue weighted by Gasteiger charge is -1.99. The van der Waals surface area contributed by atoms with Crippen LogP contribution in [-0.2, 0) is 6.42 Å². The molecule has 0 atom stereocenters. The van der Waals surface area contributed by atoms with Crippen molar-refractivity contribution in [2.24, 2.45) is 0 Å². The Morgan fingerprint density at radius 2 is 1.76 bits per heavy atom. The largest absolute Gasteiger partial charge is 0.135 e. The van der Waals surface area contributed by atoms with E-state index in [-0.39, 0.29) is 13.5 Å². The minimum Gasteiger partial charge on any atom is -0.135 e. The van der Waals surface area contributed by atoms with Gasteiger partial charge in [0.25, 0.3) is 0 Å². The minimum absolute atomic E-state index is 0. The Morgan fingerprint density at radius 3 is 2.59 bits per heavy atom. The van der Waals surface area contributed by atoms with Crippen molar-refractivity contribution in [1.82, 2.24) is 0 Å². The smallest absolute Gasteiger partial charge is 0.0358 e. The Balaban J connectivity index is 0.00000108. The number of hydrogen-bond donors (Lipinski definition) is 0. The maximum atomic E-state index is 3.83. The number of benzene rings is 2. The fourth-order valence-electron chi connectivity index (χ4n) is 2.17. The van der Waals surface area contributed by atoms with Gasteiger partial charge in [-0.3, -0.25) is 0 Å². The molecule has 2 aromatic carbocycles. The third-order valence-corrected chi connectivity index (χ3v) is 3.99. The van der Waals surface area contributed by atoms with Crippen molar-refractivity contribution in [3.63, 3.8) is 0 Å². The predicted molar refractivity (Wildman–Crippen MR) is 80.8 cm³/mol. The lowest BCUT2D eigenvalue weighted by molar-refractivity contribution is 1.32. The Hall–Kier alpha value is -1.25. The normalized spacial score (nSPS) is 10.4. The summed E-state index contributed by atoms with van der Waals surface area (Å²) in [4.78, 5) is 0. The van der Waals surface area contributed by atoms with Gasteiger partial charge in [-0.05, 0) is 24.1 Å². The summed E-state index contributed by atoms with van der Waals surface area (Å²) in [5.74, 6) is 0. The summed E-state index contributed by atoms with van der Waals surface area (Å²) in [6.07, 6.45) is 2.92. The molecule has 1 aromatic heterocycles. The van der Waals surface area contributed by atoms with Crippen LogP contribution in [0.2, 0.25) is 0 Å². The molecule has 0 aliphatic rings. The molecule has 0 fully saturated rings. The first kappa shape index (κ1) is 12.2. The van der Waals surface area contributed by atoms with Gasteiger partial charge in [0.2, 0.25) is 0 Å². The second-order valence-electron chi connectivity index (χ2n) is 3.88. The lowest BCUT2D eigenvalue weighted by Crippen LogP contribution is -1.80. The Morgan fingerprint density at radius 1 is 1.00 bits per heavy atom. The molecule has 1 heterocycles. The highest BCUT2D eigenvalue weighted by atomic mass is 32.1. The molecule has 0 bridgehead atoms. The predicted octanol–water partition coefficient (Wildman–Crippen LogP) is 5.43. The molecule has 84 valence electrons. The van der Waals surface area contributed by atoms with Crippen molar-refractivity contribution < 1.29 is 0 Å². The molecule has 0 aliphatic heterocycles. The van der Waals surface area contributed by atoms with E-state index in [2.05, 4.69) is 49.0 Å². The van der Waals surface area contributed by atoms with E-state index < -0.39 is 0 Å². The van der Waals surface area contributed by atoms with Crippen molar-refractivity contribution in [2.45, 2.75) is 6.42 Å². The Labute approximate surface area is 112 Å². The minimum atomic E-state index is 0. The molecule has 0 aliphatic carbocycles. The van der Waals surface area contributed by atoms with Gasteiger partial charge in [-0.15, -0.1) is 17.9 Å². The van der Waals surface area contributed by atoms with Gasteiger partial charge in [-0.1, -0.05) is 36.4 Å². The third kappa shape index (κ3) is 1.99. The van der Waals surface area contributed by atoms with E-state index in [9.17, 15) is 0 Å². The summed E-state index contributed by atoms with van der Waals surface area (Å²) < 4.78 is 2.74. The van der Waals surface area contributed by atoms with Crippen LogP contribution in [0.3, 0.4) is 0 Å². The van der Waals surface area contributed by atoms with Crippen LogP contribution in [0.15, 0.2) is 55.1 Å². The first-order valence-electron chi connectivity index (χ1n) is 5.40. The van der Waals surface area contributed by atoms with Gasteiger partial charge in [0, 0.05) is 33.7 Å². The van der Waals surface area contributed by atoms with Crippen LogP contribution in [0.25, 0.3) is 20.2 Å². The van der Waals surface area contributed by atoms with Gasteiger partial charge in [-0.2, -0.15) is 0 Å². The molecule has 2 radical (unpaired) electrons. The standard InChI is InChI=1S/C15H12S.S/c1-2-6-11-7-5-10-14-15(11)12-8-3-4-9-13(12)16-14;/h2-5,7-10H,1,6H2;. The van der Waals surface area contributed by atoms with E-state index >= 15 is 0 Å². The molecule has 0 nitrogen and oxygen atoms in total. The zero-order valence-electron chi connectivity index (χ0n) is 9.35. The van der Waals surface area contributed by atoms with Gasteiger partial charge < -0.3 is 0 Å². The van der Waals surface area contributed by atoms with Crippen LogP contribution in [0.5, 0.6) is 0 Å². The number of allylic oxidation sites excluding steroid dienone is 1. The average Bonchev–Trinajstić information content (AvgIpc) is 2.68. The molecule has 3 rings (SSSR count). The molecule has 0 saturated heterocycles. The van der Waals surface area contributed by atoms with Crippen LogP contribution in [0.1, 0.15) is 5.56 Å². The molecular formula is C15H12S2. The van der Waals surface area contributed by atoms with Crippen molar-refractivity contribution in [3.05, 3.63) is 60.7 Å². The molecule has 0 saturated carbocycles. The fraction of sp³-hybridized carbons (Fsp3) is 0.0667. The Kier molecular flexibility index (Phi) is 3.55. The molecule has 0 N–H and O–H groups in total. The molecule has 0 spiro atoms. The average molecular weight is 256 g/mol. The number of fused-ring (bicyclic) bond motifs is 3. The van der Waals surface area contributed by atoms with Crippen LogP contribution >= 0.6 is 24.8 Å².